The van der Waals surface area contributed by atoms with Gasteiger partial charge in [0.25, 0.3) is 0 Å². The van der Waals surface area contributed by atoms with Crippen LogP contribution in [0.1, 0.15) is 49.1 Å². The predicted molar refractivity (Wildman–Crippen MR) is 61.9 cm³/mol. The van der Waals surface area contributed by atoms with Crippen LogP contribution in [0.5, 0.6) is 0 Å². The first kappa shape index (κ1) is 12.2. The molecule has 1 nitrogen and oxygen atoms in total. The topological polar surface area (TPSA) is 17.1 Å². The third-order valence-corrected chi connectivity index (χ3v) is 3.48. The van der Waals surface area contributed by atoms with Crippen LogP contribution in [-0.4, -0.2) is 5.78 Å². The number of halogens is 2. The van der Waals surface area contributed by atoms with E-state index in [-0.39, 0.29) is 11.7 Å². The van der Waals surface area contributed by atoms with Crippen molar-refractivity contribution in [2.75, 3.05) is 0 Å². The van der Waals surface area contributed by atoms with E-state index in [9.17, 15) is 13.6 Å². The molecule has 0 N–H and O–H groups in total. The van der Waals surface area contributed by atoms with Crippen molar-refractivity contribution in [2.24, 2.45) is 0 Å². The van der Waals surface area contributed by atoms with Crippen molar-refractivity contribution >= 4 is 5.78 Å². The van der Waals surface area contributed by atoms with Crippen molar-refractivity contribution in [2.45, 2.75) is 44.9 Å². The summed E-state index contributed by atoms with van der Waals surface area (Å²) in [6.07, 6.45) is 3.47. The fourth-order valence-electron chi connectivity index (χ4n) is 2.43. The molecule has 17 heavy (non-hydrogen) atoms. The van der Waals surface area contributed by atoms with Crippen molar-refractivity contribution in [3.63, 3.8) is 0 Å². The highest BCUT2D eigenvalue weighted by molar-refractivity contribution is 5.79. The van der Waals surface area contributed by atoms with Gasteiger partial charge in [0.05, 0.1) is 0 Å². The number of Topliss-reactive ketones (excluding diaryl/α,β-unsaturated/α-hetero) is 1. The second kappa shape index (κ2) is 4.94. The van der Waals surface area contributed by atoms with Gasteiger partial charge in [-0.1, -0.05) is 18.6 Å². The van der Waals surface area contributed by atoms with E-state index in [0.717, 1.165) is 19.3 Å². The molecule has 3 heteroatoms. The zero-order valence-corrected chi connectivity index (χ0v) is 9.93. The molecule has 0 saturated heterocycles. The summed E-state index contributed by atoms with van der Waals surface area (Å²) in [6.45, 7) is 1.54. The minimum absolute atomic E-state index is 0.153. The molecule has 2 rings (SSSR count). The van der Waals surface area contributed by atoms with Crippen molar-refractivity contribution in [1.82, 2.24) is 0 Å². The lowest BCUT2D eigenvalue weighted by Crippen LogP contribution is -2.07. The molecular weight excluding hydrogens is 222 g/mol. The Balaban J connectivity index is 2.32. The maximum atomic E-state index is 13.8. The van der Waals surface area contributed by atoms with Crippen molar-refractivity contribution in [3.8, 4) is 0 Å². The number of hydrogen-bond acceptors (Lipinski definition) is 1. The number of hydrogen-bond donors (Lipinski definition) is 0. The van der Waals surface area contributed by atoms with Gasteiger partial charge in [0.1, 0.15) is 5.78 Å². The predicted octanol–water partition coefficient (Wildman–Crippen LogP) is 3.89. The van der Waals surface area contributed by atoms with Gasteiger partial charge in [0, 0.05) is 12.8 Å². The second-order valence-electron chi connectivity index (χ2n) is 4.79. The Hall–Kier alpha value is -1.25. The van der Waals surface area contributed by atoms with Gasteiger partial charge in [-0.25, -0.2) is 8.78 Å². The molecule has 1 saturated carbocycles. The van der Waals surface area contributed by atoms with E-state index < -0.39 is 11.6 Å². The van der Waals surface area contributed by atoms with Gasteiger partial charge < -0.3 is 0 Å². The summed E-state index contributed by atoms with van der Waals surface area (Å²) in [5.74, 6) is -1.54. The van der Waals surface area contributed by atoms with Crippen LogP contribution in [-0.2, 0) is 4.79 Å². The van der Waals surface area contributed by atoms with Gasteiger partial charge in [-0.2, -0.15) is 0 Å². The monoisotopic (exact) mass is 238 g/mol. The minimum atomic E-state index is -0.779. The summed E-state index contributed by atoms with van der Waals surface area (Å²) in [6, 6.07) is 3.21. The van der Waals surface area contributed by atoms with Crippen molar-refractivity contribution in [1.29, 1.82) is 0 Å². The first-order valence-corrected chi connectivity index (χ1v) is 6.06. The summed E-state index contributed by atoms with van der Waals surface area (Å²) in [5.41, 5.74) is 0.676. The van der Waals surface area contributed by atoms with Gasteiger partial charge >= 0.3 is 0 Å². The third-order valence-electron chi connectivity index (χ3n) is 3.48. The molecule has 0 spiro atoms. The summed E-state index contributed by atoms with van der Waals surface area (Å²) >= 11 is 0. The zero-order valence-electron chi connectivity index (χ0n) is 9.93. The van der Waals surface area contributed by atoms with Crippen LogP contribution in [0.2, 0.25) is 0 Å². The lowest BCUT2D eigenvalue weighted by molar-refractivity contribution is -0.119. The first-order chi connectivity index (χ1) is 8.09. The van der Waals surface area contributed by atoms with Crippen LogP contribution in [0.15, 0.2) is 12.1 Å². The second-order valence-corrected chi connectivity index (χ2v) is 4.79. The lowest BCUT2D eigenvalue weighted by atomic mass is 9.90. The number of ketones is 1. The third kappa shape index (κ3) is 2.54. The summed E-state index contributed by atoms with van der Waals surface area (Å²) in [7, 11) is 0. The molecule has 1 aromatic carbocycles. The Morgan fingerprint density at radius 2 is 1.94 bits per heavy atom. The van der Waals surface area contributed by atoms with Crippen LogP contribution < -0.4 is 0 Å². The molecule has 1 unspecified atom stereocenters. The molecule has 0 amide bonds. The Labute approximate surface area is 99.8 Å². The number of rotatable bonds is 1. The molecule has 1 atom stereocenters. The Kier molecular flexibility index (Phi) is 3.55. The first-order valence-electron chi connectivity index (χ1n) is 6.06. The highest BCUT2D eigenvalue weighted by Gasteiger charge is 2.23. The van der Waals surface area contributed by atoms with Crippen LogP contribution >= 0.6 is 0 Å². The Morgan fingerprint density at radius 3 is 2.71 bits per heavy atom. The molecule has 0 aromatic heterocycles. The van der Waals surface area contributed by atoms with Crippen molar-refractivity contribution in [3.05, 3.63) is 34.9 Å². The van der Waals surface area contributed by atoms with E-state index in [2.05, 4.69) is 0 Å². The highest BCUT2D eigenvalue weighted by atomic mass is 19.2. The molecule has 1 fully saturated rings. The maximum absolute atomic E-state index is 13.8. The van der Waals surface area contributed by atoms with Crippen molar-refractivity contribution < 1.29 is 13.6 Å². The summed E-state index contributed by atoms with van der Waals surface area (Å²) in [5, 5.41) is 0. The SMILES string of the molecule is Cc1ccc(C2CCCCC(=O)C2)c(F)c1F. The molecule has 0 radical (unpaired) electrons. The van der Waals surface area contributed by atoms with Gasteiger partial charge in [-0.3, -0.25) is 4.79 Å². The molecule has 0 bridgehead atoms. The van der Waals surface area contributed by atoms with Crippen LogP contribution in [0, 0.1) is 18.6 Å². The number of carbonyl (C=O) groups is 1. The quantitative estimate of drug-likeness (QED) is 0.678. The number of benzene rings is 1. The Morgan fingerprint density at radius 1 is 1.18 bits per heavy atom. The van der Waals surface area contributed by atoms with E-state index in [1.54, 1.807) is 19.1 Å². The fourth-order valence-corrected chi connectivity index (χ4v) is 2.43. The smallest absolute Gasteiger partial charge is 0.162 e. The fraction of sp³-hybridized carbons (Fsp3) is 0.500. The number of aryl methyl sites for hydroxylation is 1. The van der Waals surface area contributed by atoms with Crippen LogP contribution in [0.4, 0.5) is 8.78 Å². The number of carbonyl (C=O) groups excluding carboxylic acids is 1. The molecule has 1 aliphatic rings. The molecule has 0 aliphatic heterocycles. The van der Waals surface area contributed by atoms with E-state index in [4.69, 9.17) is 0 Å². The average molecular weight is 238 g/mol. The largest absolute Gasteiger partial charge is 0.300 e. The van der Waals surface area contributed by atoms with Gasteiger partial charge in [-0.05, 0) is 36.8 Å². The molecule has 0 heterocycles. The Bertz CT molecular complexity index is 440. The summed E-state index contributed by atoms with van der Waals surface area (Å²) < 4.78 is 27.3. The highest BCUT2D eigenvalue weighted by Crippen LogP contribution is 2.32. The van der Waals surface area contributed by atoms with E-state index in [0.29, 0.717) is 24.0 Å². The van der Waals surface area contributed by atoms with Crippen LogP contribution in [0.25, 0.3) is 0 Å². The average Bonchev–Trinajstić information content (AvgIpc) is 2.51. The van der Waals surface area contributed by atoms with Crippen LogP contribution in [0.3, 0.4) is 0 Å². The normalized spacial score (nSPS) is 21.4. The van der Waals surface area contributed by atoms with E-state index in [1.165, 1.54) is 0 Å². The van der Waals surface area contributed by atoms with Gasteiger partial charge in [0.2, 0.25) is 0 Å². The minimum Gasteiger partial charge on any atom is -0.300 e. The van der Waals surface area contributed by atoms with E-state index >= 15 is 0 Å². The van der Waals surface area contributed by atoms with E-state index in [1.807, 2.05) is 0 Å². The molecular formula is C14H16F2O. The van der Waals surface area contributed by atoms with Gasteiger partial charge in [0.15, 0.2) is 11.6 Å². The maximum Gasteiger partial charge on any atom is 0.162 e. The van der Waals surface area contributed by atoms with Gasteiger partial charge in [-0.15, -0.1) is 0 Å². The molecule has 1 aromatic rings. The molecule has 1 aliphatic carbocycles. The standard InChI is InChI=1S/C14H16F2O/c1-9-6-7-12(14(16)13(9)15)10-4-2-3-5-11(17)8-10/h6-7,10H,2-5,8H2,1H3. The molecule has 92 valence electrons. The zero-order chi connectivity index (χ0) is 12.4. The summed E-state index contributed by atoms with van der Waals surface area (Å²) in [4.78, 5) is 11.5. The lowest BCUT2D eigenvalue weighted by Gasteiger charge is -2.15.